The number of hydrogen-bond donors (Lipinski definition) is 2. The Morgan fingerprint density at radius 2 is 1.44 bits per heavy atom. The molecule has 0 fully saturated rings. The minimum Gasteiger partial charge on any atom is -0.366 e. The van der Waals surface area contributed by atoms with E-state index in [0.717, 1.165) is 13.1 Å². The zero-order chi connectivity index (χ0) is 11.8. The lowest BCUT2D eigenvalue weighted by atomic mass is 10.2. The van der Waals surface area contributed by atoms with Gasteiger partial charge in [-0.05, 0) is 11.8 Å². The second-order valence-electron chi connectivity index (χ2n) is 4.55. The summed E-state index contributed by atoms with van der Waals surface area (Å²) in [4.78, 5) is 0. The molecule has 5 nitrogen and oxygen atoms in total. The van der Waals surface area contributed by atoms with Crippen molar-refractivity contribution in [2.75, 3.05) is 19.6 Å². The molecule has 0 aliphatic rings. The van der Waals surface area contributed by atoms with E-state index >= 15 is 0 Å². The first kappa shape index (κ1) is 18.0. The van der Waals surface area contributed by atoms with Crippen molar-refractivity contribution in [2.45, 2.75) is 34.0 Å². The third-order valence-electron chi connectivity index (χ3n) is 1.59. The Bertz CT molecular complexity index is 177. The van der Waals surface area contributed by atoms with Gasteiger partial charge in [0.05, 0.1) is 0 Å². The van der Waals surface area contributed by atoms with E-state index in [9.17, 15) is 0 Å². The lowest BCUT2D eigenvalue weighted by Crippen LogP contribution is -2.26. The van der Waals surface area contributed by atoms with Crippen molar-refractivity contribution in [1.29, 1.82) is 0 Å². The minimum absolute atomic E-state index is 0. The van der Waals surface area contributed by atoms with Crippen molar-refractivity contribution < 1.29 is 10.2 Å². The zero-order valence-corrected chi connectivity index (χ0v) is 11.3. The van der Waals surface area contributed by atoms with Crippen LogP contribution in [0, 0.1) is 11.8 Å². The average molecular weight is 254 g/mol. The minimum atomic E-state index is -1.41. The van der Waals surface area contributed by atoms with Gasteiger partial charge in [0.15, 0.2) is 6.29 Å². The van der Waals surface area contributed by atoms with Crippen molar-refractivity contribution in [3.63, 3.8) is 0 Å². The fourth-order valence-corrected chi connectivity index (χ4v) is 1.19. The molecule has 0 saturated carbocycles. The van der Waals surface area contributed by atoms with Crippen LogP contribution in [0.15, 0.2) is 10.3 Å². The van der Waals surface area contributed by atoms with Crippen LogP contribution in [0.25, 0.3) is 0 Å². The molecule has 98 valence electrons. The van der Waals surface area contributed by atoms with Gasteiger partial charge in [0.2, 0.25) is 0 Å². The predicted molar refractivity (Wildman–Crippen MR) is 66.4 cm³/mol. The van der Waals surface area contributed by atoms with E-state index in [4.69, 9.17) is 10.2 Å². The van der Waals surface area contributed by atoms with E-state index in [-0.39, 0.29) is 19.0 Å². The smallest absolute Gasteiger partial charge is 0.173 e. The van der Waals surface area contributed by atoms with Gasteiger partial charge in [0, 0.05) is 13.1 Å². The molecule has 0 aliphatic carbocycles. The fraction of sp³-hybridized carbons (Fsp3) is 1.00. The van der Waals surface area contributed by atoms with E-state index in [0.29, 0.717) is 11.8 Å². The molecular weight excluding hydrogens is 230 g/mol. The topological polar surface area (TPSA) is 68.4 Å². The summed E-state index contributed by atoms with van der Waals surface area (Å²) in [7, 11) is 0. The molecule has 0 amide bonds. The maximum atomic E-state index is 8.61. The summed E-state index contributed by atoms with van der Waals surface area (Å²) in [6.07, 6.45) is -1.41. The predicted octanol–water partition coefficient (Wildman–Crippen LogP) is 1.70. The van der Waals surface area contributed by atoms with Gasteiger partial charge >= 0.3 is 0 Å². The van der Waals surface area contributed by atoms with Crippen LogP contribution in [0.1, 0.15) is 27.7 Å². The lowest BCUT2D eigenvalue weighted by Gasteiger charge is -2.21. The highest BCUT2D eigenvalue weighted by atomic mass is 35.5. The second kappa shape index (κ2) is 9.81. The van der Waals surface area contributed by atoms with E-state index in [1.807, 2.05) is 5.01 Å². The fourth-order valence-electron chi connectivity index (χ4n) is 1.19. The van der Waals surface area contributed by atoms with Crippen LogP contribution < -0.4 is 0 Å². The molecular formula is C10H24ClN3O2. The van der Waals surface area contributed by atoms with Crippen molar-refractivity contribution >= 4 is 12.4 Å². The first-order valence-corrected chi connectivity index (χ1v) is 5.40. The van der Waals surface area contributed by atoms with Crippen molar-refractivity contribution in [2.24, 2.45) is 22.2 Å². The summed E-state index contributed by atoms with van der Waals surface area (Å²) in [5, 5.41) is 26.8. The monoisotopic (exact) mass is 253 g/mol. The third kappa shape index (κ3) is 11.7. The Kier molecular flexibility index (Phi) is 11.0. The number of hydrogen-bond acceptors (Lipinski definition) is 4. The highest BCUT2D eigenvalue weighted by Gasteiger charge is 2.07. The third-order valence-corrected chi connectivity index (χ3v) is 1.59. The zero-order valence-electron chi connectivity index (χ0n) is 10.5. The molecule has 2 N–H and O–H groups in total. The lowest BCUT2D eigenvalue weighted by molar-refractivity contribution is -0.0326. The molecule has 0 unspecified atom stereocenters. The van der Waals surface area contributed by atoms with Crippen LogP contribution >= 0.6 is 12.4 Å². The van der Waals surface area contributed by atoms with Gasteiger partial charge in [-0.15, -0.1) is 12.4 Å². The van der Waals surface area contributed by atoms with Crippen LogP contribution in [-0.4, -0.2) is 41.1 Å². The first-order valence-electron chi connectivity index (χ1n) is 5.40. The van der Waals surface area contributed by atoms with Crippen LogP contribution in [0.3, 0.4) is 0 Å². The number of halogens is 1. The Morgan fingerprint density at radius 1 is 1.00 bits per heavy atom. The van der Waals surface area contributed by atoms with Crippen LogP contribution in [0.4, 0.5) is 0 Å². The molecule has 0 aromatic rings. The summed E-state index contributed by atoms with van der Waals surface area (Å²) in [5.74, 6) is 1.03. The van der Waals surface area contributed by atoms with Crippen LogP contribution in [-0.2, 0) is 0 Å². The van der Waals surface area contributed by atoms with Gasteiger partial charge in [0.25, 0.3) is 0 Å². The molecule has 0 spiro atoms. The molecule has 0 radical (unpaired) electrons. The molecule has 6 heteroatoms. The van der Waals surface area contributed by atoms with Crippen molar-refractivity contribution in [3.05, 3.63) is 0 Å². The Balaban J connectivity index is 0. The molecule has 0 aliphatic heterocycles. The Labute approximate surface area is 104 Å². The summed E-state index contributed by atoms with van der Waals surface area (Å²) in [5.41, 5.74) is 0. The van der Waals surface area contributed by atoms with E-state index in [2.05, 4.69) is 38.0 Å². The quantitative estimate of drug-likeness (QED) is 0.412. The molecule has 0 heterocycles. The summed E-state index contributed by atoms with van der Waals surface area (Å²) in [6.45, 7) is 10.1. The highest BCUT2D eigenvalue weighted by molar-refractivity contribution is 5.85. The molecule has 0 aromatic heterocycles. The van der Waals surface area contributed by atoms with Crippen molar-refractivity contribution in [1.82, 2.24) is 5.01 Å². The Morgan fingerprint density at radius 3 is 1.75 bits per heavy atom. The highest BCUT2D eigenvalue weighted by Crippen LogP contribution is 2.04. The van der Waals surface area contributed by atoms with Gasteiger partial charge in [-0.3, -0.25) is 5.01 Å². The summed E-state index contributed by atoms with van der Waals surface area (Å²) < 4.78 is 0. The van der Waals surface area contributed by atoms with E-state index < -0.39 is 6.29 Å². The molecule has 16 heavy (non-hydrogen) atoms. The molecule has 0 saturated heterocycles. The van der Waals surface area contributed by atoms with Gasteiger partial charge in [-0.1, -0.05) is 32.9 Å². The maximum absolute atomic E-state index is 8.61. The second-order valence-corrected chi connectivity index (χ2v) is 4.55. The van der Waals surface area contributed by atoms with Gasteiger partial charge in [-0.2, -0.15) is 5.11 Å². The van der Waals surface area contributed by atoms with Gasteiger partial charge in [0.1, 0.15) is 6.54 Å². The molecule has 0 atom stereocenters. The largest absolute Gasteiger partial charge is 0.366 e. The van der Waals surface area contributed by atoms with Crippen molar-refractivity contribution in [3.8, 4) is 0 Å². The van der Waals surface area contributed by atoms with E-state index in [1.54, 1.807) is 0 Å². The van der Waals surface area contributed by atoms with E-state index in [1.165, 1.54) is 0 Å². The van der Waals surface area contributed by atoms with Crippen LogP contribution in [0.2, 0.25) is 0 Å². The number of aliphatic hydroxyl groups excluding tert-OH is 1. The number of rotatable bonds is 7. The molecule has 0 aromatic carbocycles. The number of aliphatic hydroxyl groups is 2. The van der Waals surface area contributed by atoms with Crippen LogP contribution in [0.5, 0.6) is 0 Å². The summed E-state index contributed by atoms with van der Waals surface area (Å²) >= 11 is 0. The first-order chi connectivity index (χ1) is 6.91. The Hall–Kier alpha value is -0.390. The van der Waals surface area contributed by atoms with Gasteiger partial charge in [-0.25, -0.2) is 0 Å². The summed E-state index contributed by atoms with van der Waals surface area (Å²) in [6, 6.07) is 0. The normalized spacial score (nSPS) is 11.6. The SMILES string of the molecule is CC(C)CN(CC(C)C)N=NCC(O)O.Cl. The number of nitrogens with zero attached hydrogens (tertiary/aromatic N) is 3. The molecule has 0 rings (SSSR count). The molecule has 0 bridgehead atoms. The van der Waals surface area contributed by atoms with Gasteiger partial charge < -0.3 is 10.2 Å². The standard InChI is InChI=1S/C10H23N3O2.ClH/c1-8(2)6-13(7-9(3)4)12-11-5-10(14)15;/h8-10,14-15H,5-7H2,1-4H3;1H. The maximum Gasteiger partial charge on any atom is 0.173 e. The average Bonchev–Trinajstić information content (AvgIpc) is 2.00.